The summed E-state index contributed by atoms with van der Waals surface area (Å²) < 4.78 is 49.8. The van der Waals surface area contributed by atoms with Crippen LogP contribution in [0.4, 0.5) is 17.6 Å². The predicted molar refractivity (Wildman–Crippen MR) is 55.8 cm³/mol. The first-order valence-corrected chi connectivity index (χ1v) is 5.25. The van der Waals surface area contributed by atoms with Crippen molar-refractivity contribution in [1.82, 2.24) is 0 Å². The molecule has 0 fully saturated rings. The quantitative estimate of drug-likeness (QED) is 0.584. The highest BCUT2D eigenvalue weighted by Crippen LogP contribution is 2.27. The molecule has 0 unspecified atom stereocenters. The van der Waals surface area contributed by atoms with E-state index in [4.69, 9.17) is 11.6 Å². The Morgan fingerprint density at radius 1 is 1.06 bits per heavy atom. The summed E-state index contributed by atoms with van der Waals surface area (Å²) in [4.78, 5) is 11.0. The van der Waals surface area contributed by atoms with Gasteiger partial charge in [0.25, 0.3) is 12.9 Å². The second-order valence-electron chi connectivity index (χ2n) is 3.46. The molecule has 0 atom stereocenters. The molecule has 1 aromatic rings. The number of carbonyl (C=O) groups is 1. The van der Waals surface area contributed by atoms with Gasteiger partial charge in [-0.15, -0.1) is 11.6 Å². The Bertz CT molecular complexity index is 380. The fraction of sp³-hybridized carbons (Fsp3) is 0.364. The third-order valence-electron chi connectivity index (χ3n) is 2.09. The lowest BCUT2D eigenvalue weighted by Crippen LogP contribution is -2.05. The monoisotopic (exact) mass is 268 g/mol. The lowest BCUT2D eigenvalue weighted by Gasteiger charge is -2.08. The Labute approximate surface area is 100 Å². The molecule has 0 saturated carbocycles. The van der Waals surface area contributed by atoms with Crippen molar-refractivity contribution < 1.29 is 22.4 Å². The van der Waals surface area contributed by atoms with Crippen molar-refractivity contribution in [2.75, 3.05) is 5.88 Å². The van der Waals surface area contributed by atoms with Crippen LogP contribution in [-0.2, 0) is 11.2 Å². The van der Waals surface area contributed by atoms with Crippen molar-refractivity contribution in [3.8, 4) is 0 Å². The molecule has 0 radical (unpaired) electrons. The van der Waals surface area contributed by atoms with E-state index in [0.29, 0.717) is 0 Å². The predicted octanol–water partition coefficient (Wildman–Crippen LogP) is 3.91. The third-order valence-corrected chi connectivity index (χ3v) is 2.39. The van der Waals surface area contributed by atoms with E-state index in [2.05, 4.69) is 0 Å². The van der Waals surface area contributed by atoms with Gasteiger partial charge in [-0.05, 0) is 23.8 Å². The Kier molecular flexibility index (Phi) is 4.93. The number of benzene rings is 1. The highest BCUT2D eigenvalue weighted by molar-refractivity contribution is 6.27. The molecule has 1 rings (SSSR count). The zero-order valence-electron chi connectivity index (χ0n) is 8.60. The normalized spacial score (nSPS) is 11.2. The SMILES string of the molecule is O=C(CCl)Cc1cc(C(F)F)cc(C(F)F)c1. The van der Waals surface area contributed by atoms with Gasteiger partial charge in [0.05, 0.1) is 5.88 Å². The number of hydrogen-bond donors (Lipinski definition) is 0. The number of halogens is 5. The second-order valence-corrected chi connectivity index (χ2v) is 3.73. The lowest BCUT2D eigenvalue weighted by atomic mass is 10.0. The van der Waals surface area contributed by atoms with Crippen molar-refractivity contribution in [3.63, 3.8) is 0 Å². The average molecular weight is 269 g/mol. The van der Waals surface area contributed by atoms with Crippen LogP contribution in [0.1, 0.15) is 29.5 Å². The van der Waals surface area contributed by atoms with Crippen molar-refractivity contribution in [2.45, 2.75) is 19.3 Å². The summed E-state index contributed by atoms with van der Waals surface area (Å²) in [6.07, 6.45) is -5.92. The third kappa shape index (κ3) is 4.00. The van der Waals surface area contributed by atoms with Crippen molar-refractivity contribution in [2.24, 2.45) is 0 Å². The minimum atomic E-state index is -2.85. The van der Waals surface area contributed by atoms with Gasteiger partial charge >= 0.3 is 0 Å². The average Bonchev–Trinajstić information content (AvgIpc) is 2.28. The molecule has 17 heavy (non-hydrogen) atoms. The summed E-state index contributed by atoms with van der Waals surface area (Å²) in [5.74, 6) is -0.679. The van der Waals surface area contributed by atoms with E-state index in [1.165, 1.54) is 0 Å². The maximum absolute atomic E-state index is 12.5. The molecule has 0 amide bonds. The molecule has 0 saturated heterocycles. The number of rotatable bonds is 5. The molecule has 1 aromatic carbocycles. The highest BCUT2D eigenvalue weighted by Gasteiger charge is 2.15. The van der Waals surface area contributed by atoms with E-state index < -0.39 is 29.8 Å². The van der Waals surface area contributed by atoms with E-state index in [1.54, 1.807) is 0 Å². The zero-order chi connectivity index (χ0) is 13.0. The minimum absolute atomic E-state index is 0.128. The van der Waals surface area contributed by atoms with Crippen LogP contribution in [0, 0.1) is 0 Å². The molecular formula is C11H9ClF4O. The summed E-state index contributed by atoms with van der Waals surface area (Å²) >= 11 is 5.26. The van der Waals surface area contributed by atoms with Crippen molar-refractivity contribution >= 4 is 17.4 Å². The van der Waals surface area contributed by atoms with Gasteiger partial charge in [0.2, 0.25) is 0 Å². The zero-order valence-corrected chi connectivity index (χ0v) is 9.35. The van der Waals surface area contributed by atoms with Crippen LogP contribution in [-0.4, -0.2) is 11.7 Å². The van der Waals surface area contributed by atoms with Gasteiger partial charge in [-0.3, -0.25) is 4.79 Å². The number of hydrogen-bond acceptors (Lipinski definition) is 1. The van der Waals surface area contributed by atoms with Crippen LogP contribution in [0.5, 0.6) is 0 Å². The molecule has 0 spiro atoms. The standard InChI is InChI=1S/C11H9ClF4O/c12-5-9(17)3-6-1-7(10(13)14)4-8(2-6)11(15)16/h1-2,4,10-11H,3,5H2. The van der Waals surface area contributed by atoms with Gasteiger partial charge < -0.3 is 0 Å². The van der Waals surface area contributed by atoms with Crippen LogP contribution in [0.3, 0.4) is 0 Å². The largest absolute Gasteiger partial charge is 0.298 e. The Balaban J connectivity index is 3.08. The van der Waals surface area contributed by atoms with Crippen molar-refractivity contribution in [1.29, 1.82) is 0 Å². The molecule has 0 bridgehead atoms. The highest BCUT2D eigenvalue weighted by atomic mass is 35.5. The van der Waals surface area contributed by atoms with Gasteiger partial charge in [0, 0.05) is 17.5 Å². The fourth-order valence-electron chi connectivity index (χ4n) is 1.37. The van der Waals surface area contributed by atoms with Gasteiger partial charge in [-0.25, -0.2) is 17.6 Å². The summed E-state index contributed by atoms with van der Waals surface area (Å²) in [7, 11) is 0. The van der Waals surface area contributed by atoms with Gasteiger partial charge in [0.15, 0.2) is 5.78 Å². The summed E-state index contributed by atoms with van der Waals surface area (Å²) in [6.45, 7) is 0. The maximum Gasteiger partial charge on any atom is 0.263 e. The number of alkyl halides is 5. The number of Topliss-reactive ketones (excluding diaryl/α,β-unsaturated/α-hetero) is 1. The van der Waals surface area contributed by atoms with E-state index in [0.717, 1.165) is 18.2 Å². The smallest absolute Gasteiger partial charge is 0.263 e. The molecule has 94 valence electrons. The van der Waals surface area contributed by atoms with Crippen LogP contribution in [0.2, 0.25) is 0 Å². The Morgan fingerprint density at radius 3 is 1.88 bits per heavy atom. The summed E-state index contributed by atoms with van der Waals surface area (Å²) in [5.41, 5.74) is -0.899. The molecule has 0 aliphatic heterocycles. The maximum atomic E-state index is 12.5. The van der Waals surface area contributed by atoms with Gasteiger partial charge in [-0.2, -0.15) is 0 Å². The first-order chi connectivity index (χ1) is 7.93. The molecule has 0 aliphatic carbocycles. The molecule has 6 heteroatoms. The number of ketones is 1. The Hall–Kier alpha value is -1.10. The topological polar surface area (TPSA) is 17.1 Å². The Morgan fingerprint density at radius 2 is 1.53 bits per heavy atom. The molecule has 0 aliphatic rings. The molecule has 0 heterocycles. The van der Waals surface area contributed by atoms with Crippen LogP contribution >= 0.6 is 11.6 Å². The van der Waals surface area contributed by atoms with Gasteiger partial charge in [0.1, 0.15) is 0 Å². The van der Waals surface area contributed by atoms with Crippen LogP contribution in [0.25, 0.3) is 0 Å². The minimum Gasteiger partial charge on any atom is -0.298 e. The summed E-state index contributed by atoms with van der Waals surface area (Å²) in [5, 5.41) is 0. The van der Waals surface area contributed by atoms with Gasteiger partial charge in [-0.1, -0.05) is 0 Å². The lowest BCUT2D eigenvalue weighted by molar-refractivity contribution is -0.116. The molecule has 1 nitrogen and oxygen atoms in total. The van der Waals surface area contributed by atoms with E-state index in [1.807, 2.05) is 0 Å². The second kappa shape index (κ2) is 6.00. The van der Waals surface area contributed by atoms with Crippen molar-refractivity contribution in [3.05, 3.63) is 34.9 Å². The van der Waals surface area contributed by atoms with Crippen LogP contribution in [0.15, 0.2) is 18.2 Å². The van der Waals surface area contributed by atoms with E-state index in [9.17, 15) is 22.4 Å². The molecule has 0 N–H and O–H groups in total. The number of carbonyl (C=O) groups excluding carboxylic acids is 1. The fourth-order valence-corrected chi connectivity index (χ4v) is 1.47. The molecule has 0 aromatic heterocycles. The summed E-state index contributed by atoms with van der Waals surface area (Å²) in [6, 6.07) is 2.83. The van der Waals surface area contributed by atoms with Crippen LogP contribution < -0.4 is 0 Å². The molecular weight excluding hydrogens is 260 g/mol. The first-order valence-electron chi connectivity index (χ1n) is 4.71. The first kappa shape index (κ1) is 14.0. The van der Waals surface area contributed by atoms with E-state index >= 15 is 0 Å². The van der Waals surface area contributed by atoms with E-state index in [-0.39, 0.29) is 17.9 Å².